The third-order valence-corrected chi connectivity index (χ3v) is 9.17. The molecule has 0 aliphatic carbocycles. The lowest BCUT2D eigenvalue weighted by atomic mass is 9.89. The third kappa shape index (κ3) is 5.39. The highest BCUT2D eigenvalue weighted by molar-refractivity contribution is 5.98. The number of nitrogens with one attached hydrogen (secondary N) is 1. The fraction of sp³-hybridized carbons (Fsp3) is 0.406. The fourth-order valence-corrected chi connectivity index (χ4v) is 6.89. The monoisotopic (exact) mass is 598 g/mol. The maximum absolute atomic E-state index is 14.0. The van der Waals surface area contributed by atoms with Crippen LogP contribution in [0.25, 0.3) is 17.0 Å². The average molecular weight is 599 g/mol. The van der Waals surface area contributed by atoms with Crippen LogP contribution in [0.1, 0.15) is 37.3 Å². The van der Waals surface area contributed by atoms with Crippen LogP contribution in [-0.4, -0.2) is 86.8 Å². The van der Waals surface area contributed by atoms with Gasteiger partial charge in [0.2, 0.25) is 11.8 Å². The minimum absolute atomic E-state index is 0.0585. The van der Waals surface area contributed by atoms with Crippen molar-refractivity contribution in [3.8, 4) is 11.4 Å². The largest absolute Gasteiger partial charge is 0.395 e. The van der Waals surface area contributed by atoms with Gasteiger partial charge in [-0.1, -0.05) is 18.2 Å². The second kappa shape index (κ2) is 11.9. The predicted octanol–water partition coefficient (Wildman–Crippen LogP) is 2.81. The molecule has 2 unspecified atom stereocenters. The van der Waals surface area contributed by atoms with Crippen LogP contribution in [0.2, 0.25) is 0 Å². The molecule has 1 aromatic carbocycles. The Hall–Kier alpha value is -4.42. The number of piperidine rings is 1. The molecule has 0 saturated carbocycles. The molecule has 0 radical (unpaired) electrons. The molecule has 3 atom stereocenters. The Kier molecular flexibility index (Phi) is 7.69. The number of amides is 2. The normalized spacial score (nSPS) is 22.0. The number of carbonyl (C=O) groups is 2. The van der Waals surface area contributed by atoms with E-state index in [1.807, 2.05) is 40.9 Å². The number of pyridine rings is 1. The van der Waals surface area contributed by atoms with Crippen LogP contribution in [0.4, 0.5) is 16.0 Å². The van der Waals surface area contributed by atoms with Gasteiger partial charge in [0.05, 0.1) is 30.5 Å². The minimum Gasteiger partial charge on any atom is -0.395 e. The lowest BCUT2D eigenvalue weighted by molar-refractivity contribution is -0.139. The number of imidazole rings is 1. The Morgan fingerprint density at radius 2 is 1.82 bits per heavy atom. The number of piperazine rings is 1. The summed E-state index contributed by atoms with van der Waals surface area (Å²) in [6.45, 7) is 3.40. The zero-order valence-corrected chi connectivity index (χ0v) is 24.3. The van der Waals surface area contributed by atoms with E-state index in [1.54, 1.807) is 18.3 Å². The van der Waals surface area contributed by atoms with Crippen molar-refractivity contribution in [2.24, 2.45) is 5.92 Å². The molecule has 12 heteroatoms. The number of aliphatic hydroxyl groups is 1. The van der Waals surface area contributed by atoms with Gasteiger partial charge in [-0.2, -0.15) is 0 Å². The number of hydrogen-bond acceptors (Lipinski definition) is 9. The van der Waals surface area contributed by atoms with Gasteiger partial charge in [0.15, 0.2) is 5.65 Å². The summed E-state index contributed by atoms with van der Waals surface area (Å²) in [5, 5.41) is 17.5. The van der Waals surface area contributed by atoms with E-state index in [0.29, 0.717) is 39.0 Å². The lowest BCUT2D eigenvalue weighted by Gasteiger charge is -2.42. The number of aromatic nitrogens is 4. The smallest absolute Gasteiger partial charge is 0.231 e. The van der Waals surface area contributed by atoms with Crippen molar-refractivity contribution in [2.75, 3.05) is 49.1 Å². The fourth-order valence-electron chi connectivity index (χ4n) is 6.89. The highest BCUT2D eigenvalue weighted by Crippen LogP contribution is 2.36. The van der Waals surface area contributed by atoms with E-state index in [1.165, 1.54) is 6.07 Å². The zero-order chi connectivity index (χ0) is 30.2. The van der Waals surface area contributed by atoms with E-state index in [2.05, 4.69) is 25.0 Å². The van der Waals surface area contributed by atoms with Gasteiger partial charge in [-0.05, 0) is 61.2 Å². The van der Waals surface area contributed by atoms with Crippen LogP contribution >= 0.6 is 0 Å². The van der Waals surface area contributed by atoms with E-state index in [0.717, 1.165) is 53.6 Å². The van der Waals surface area contributed by atoms with Crippen molar-refractivity contribution >= 4 is 29.1 Å². The second-order valence-electron chi connectivity index (χ2n) is 11.7. The third-order valence-electron chi connectivity index (χ3n) is 9.17. The number of carbonyl (C=O) groups excluding carboxylic acids is 2. The quantitative estimate of drug-likeness (QED) is 0.310. The zero-order valence-electron chi connectivity index (χ0n) is 24.3. The molecular weight excluding hydrogens is 563 g/mol. The maximum atomic E-state index is 14.0. The molecule has 3 aromatic heterocycles. The Balaban J connectivity index is 1.09. The first kappa shape index (κ1) is 28.4. The van der Waals surface area contributed by atoms with Gasteiger partial charge in [-0.25, -0.2) is 18.9 Å². The topological polar surface area (TPSA) is 119 Å². The van der Waals surface area contributed by atoms with Gasteiger partial charge in [-0.3, -0.25) is 19.8 Å². The number of rotatable bonds is 7. The van der Waals surface area contributed by atoms with Crippen molar-refractivity contribution in [3.05, 3.63) is 72.2 Å². The number of hydrogen-bond donors (Lipinski definition) is 2. The van der Waals surface area contributed by atoms with Gasteiger partial charge in [0, 0.05) is 45.2 Å². The number of halogens is 1. The number of aliphatic hydroxyl groups excluding tert-OH is 1. The van der Waals surface area contributed by atoms with Crippen LogP contribution in [0.3, 0.4) is 0 Å². The average Bonchev–Trinajstić information content (AvgIpc) is 3.70. The molecule has 3 fully saturated rings. The molecule has 4 aromatic rings. The van der Waals surface area contributed by atoms with Gasteiger partial charge in [-0.15, -0.1) is 5.10 Å². The summed E-state index contributed by atoms with van der Waals surface area (Å²) in [5.74, 6) is 0.467. The van der Waals surface area contributed by atoms with Crippen molar-refractivity contribution in [2.45, 2.75) is 37.8 Å². The van der Waals surface area contributed by atoms with Crippen LogP contribution < -0.4 is 15.1 Å². The Bertz CT molecular complexity index is 1690. The van der Waals surface area contributed by atoms with E-state index < -0.39 is 5.92 Å². The van der Waals surface area contributed by atoms with Crippen LogP contribution in [0, 0.1) is 11.7 Å². The summed E-state index contributed by atoms with van der Waals surface area (Å²) in [6.07, 6.45) is 4.48. The van der Waals surface area contributed by atoms with E-state index in [9.17, 15) is 19.1 Å². The highest BCUT2D eigenvalue weighted by atomic mass is 19.1. The van der Waals surface area contributed by atoms with Crippen molar-refractivity contribution < 1.29 is 19.1 Å². The summed E-state index contributed by atoms with van der Waals surface area (Å²) < 4.78 is 15.8. The summed E-state index contributed by atoms with van der Waals surface area (Å²) in [4.78, 5) is 40.2. The molecule has 228 valence electrons. The summed E-state index contributed by atoms with van der Waals surface area (Å²) in [7, 11) is 0. The predicted molar refractivity (Wildman–Crippen MR) is 162 cm³/mol. The molecule has 7 rings (SSSR count). The molecule has 11 nitrogen and oxygen atoms in total. The molecule has 2 N–H and O–H groups in total. The maximum Gasteiger partial charge on any atom is 0.231 e. The minimum atomic E-state index is -0.400. The van der Waals surface area contributed by atoms with Crippen LogP contribution in [0.15, 0.2) is 60.8 Å². The molecule has 3 aliphatic rings. The Morgan fingerprint density at radius 3 is 2.61 bits per heavy atom. The molecule has 0 bridgehead atoms. The van der Waals surface area contributed by atoms with E-state index in [-0.39, 0.29) is 36.3 Å². The van der Waals surface area contributed by atoms with Crippen molar-refractivity contribution in [3.63, 3.8) is 0 Å². The second-order valence-corrected chi connectivity index (χ2v) is 11.7. The molecule has 44 heavy (non-hydrogen) atoms. The number of nitrogens with zero attached hydrogens (tertiary/aromatic N) is 7. The summed E-state index contributed by atoms with van der Waals surface area (Å²) in [6, 6.07) is 16.4. The molecule has 2 amide bonds. The first-order valence-corrected chi connectivity index (χ1v) is 15.3. The lowest BCUT2D eigenvalue weighted by Crippen LogP contribution is -2.57. The van der Waals surface area contributed by atoms with Crippen LogP contribution in [0.5, 0.6) is 0 Å². The molecule has 3 aliphatic heterocycles. The first-order valence-electron chi connectivity index (χ1n) is 15.3. The van der Waals surface area contributed by atoms with Crippen molar-refractivity contribution in [1.82, 2.24) is 29.8 Å². The standard InChI is InChI=1S/C32H35FN8O3/c33-22-5-1-4-21(18-22)25-7-3-13-40(25)30-11-10-28-34-19-26(41(28)37-30)24-6-2-8-29(35-24)39-16-14-38(15-17-39)27(20-42)23-9-12-31(43)36-32(23)44/h1-2,4-6,8,10-11,18-19,23,25,27,42H,3,7,9,12-17,20H2,(H,36,43,44)/t23?,25-,27?/m1/s1. The molecule has 0 spiro atoms. The number of imide groups is 1. The van der Waals surface area contributed by atoms with Gasteiger partial charge in [0.25, 0.3) is 0 Å². The molecule has 6 heterocycles. The van der Waals surface area contributed by atoms with Crippen molar-refractivity contribution in [1.29, 1.82) is 0 Å². The SMILES string of the molecule is O=C1CCC(C(CO)N2CCN(c3cccc(-c4cnc5ccc(N6CCC[C@@H]6c6cccc(F)c6)nn45)n3)CC2)C(=O)N1. The Morgan fingerprint density at radius 1 is 0.977 bits per heavy atom. The van der Waals surface area contributed by atoms with E-state index in [4.69, 9.17) is 10.1 Å². The highest BCUT2D eigenvalue weighted by Gasteiger charge is 2.37. The number of anilines is 2. The van der Waals surface area contributed by atoms with Gasteiger partial charge in [0.1, 0.15) is 23.1 Å². The van der Waals surface area contributed by atoms with Crippen LogP contribution in [-0.2, 0) is 9.59 Å². The molecular formula is C32H35FN8O3. The van der Waals surface area contributed by atoms with Gasteiger partial charge < -0.3 is 14.9 Å². The Labute approximate surface area is 254 Å². The van der Waals surface area contributed by atoms with E-state index >= 15 is 0 Å². The van der Waals surface area contributed by atoms with Gasteiger partial charge >= 0.3 is 0 Å². The summed E-state index contributed by atoms with van der Waals surface area (Å²) >= 11 is 0. The molecule has 3 saturated heterocycles. The number of fused-ring (bicyclic) bond motifs is 1. The number of benzene rings is 1. The summed E-state index contributed by atoms with van der Waals surface area (Å²) in [5.41, 5.74) is 3.20. The first-order chi connectivity index (χ1) is 21.5.